The standard InChI is InChI=1S/C24H22BrCl2N3O2S/c1-15-11-16(26)12-18(24(32)29-33-9-5-2-6-10-33)17(15)13-22(31)21-14-23(25)28-30(21)20-8-4-3-7-19(20)27/h3-4,7-8,11-12,14H,2,5-6,9-10,13H2,1H3. The molecule has 0 radical (unpaired) electrons. The van der Waals surface area contributed by atoms with Crippen LogP contribution in [-0.4, -0.2) is 33.0 Å². The smallest absolute Gasteiger partial charge is 0.283 e. The van der Waals surface area contributed by atoms with Crippen LogP contribution in [0.15, 0.2) is 51.4 Å². The number of carbonyl (C=O) groups is 2. The monoisotopic (exact) mass is 565 g/mol. The minimum absolute atomic E-state index is 0.0238. The van der Waals surface area contributed by atoms with E-state index in [9.17, 15) is 9.59 Å². The van der Waals surface area contributed by atoms with Crippen molar-refractivity contribution in [2.45, 2.75) is 32.6 Å². The lowest BCUT2D eigenvalue weighted by Gasteiger charge is -2.15. The van der Waals surface area contributed by atoms with Gasteiger partial charge in [0.2, 0.25) is 0 Å². The van der Waals surface area contributed by atoms with Crippen molar-refractivity contribution in [2.75, 3.05) is 11.5 Å². The predicted molar refractivity (Wildman–Crippen MR) is 138 cm³/mol. The Kier molecular flexibility index (Phi) is 7.84. The van der Waals surface area contributed by atoms with E-state index in [2.05, 4.69) is 25.4 Å². The fourth-order valence-corrected chi connectivity index (χ4v) is 6.54. The number of nitrogens with zero attached hydrogens (tertiary/aromatic N) is 3. The molecule has 9 heteroatoms. The van der Waals surface area contributed by atoms with Gasteiger partial charge in [-0.1, -0.05) is 52.4 Å². The van der Waals surface area contributed by atoms with Crippen molar-refractivity contribution in [3.8, 4) is 5.69 Å². The van der Waals surface area contributed by atoms with Crippen LogP contribution in [0.25, 0.3) is 5.69 Å². The molecule has 0 aliphatic carbocycles. The summed E-state index contributed by atoms with van der Waals surface area (Å²) in [5, 5.41) is 5.33. The van der Waals surface area contributed by atoms with Crippen LogP contribution in [-0.2, 0) is 17.1 Å². The van der Waals surface area contributed by atoms with Crippen LogP contribution in [0.4, 0.5) is 0 Å². The van der Waals surface area contributed by atoms with Gasteiger partial charge in [0, 0.05) is 34.6 Å². The Morgan fingerprint density at radius 3 is 2.58 bits per heavy atom. The molecule has 33 heavy (non-hydrogen) atoms. The van der Waals surface area contributed by atoms with Gasteiger partial charge in [0.25, 0.3) is 5.91 Å². The average Bonchev–Trinajstić information content (AvgIpc) is 3.18. The number of carbonyl (C=O) groups excluding carboxylic acids is 2. The highest BCUT2D eigenvalue weighted by Crippen LogP contribution is 2.27. The van der Waals surface area contributed by atoms with Gasteiger partial charge in [0.15, 0.2) is 5.78 Å². The fourth-order valence-electron chi connectivity index (χ4n) is 3.88. The topological polar surface area (TPSA) is 64.3 Å². The Hall–Kier alpha value is -1.80. The van der Waals surface area contributed by atoms with E-state index in [1.165, 1.54) is 11.1 Å². The first-order valence-electron chi connectivity index (χ1n) is 10.6. The second-order valence-electron chi connectivity index (χ2n) is 7.89. The van der Waals surface area contributed by atoms with Gasteiger partial charge in [-0.3, -0.25) is 9.59 Å². The summed E-state index contributed by atoms with van der Waals surface area (Å²) in [5.74, 6) is 1.41. The lowest BCUT2D eigenvalue weighted by Crippen LogP contribution is -2.16. The molecule has 0 atom stereocenters. The zero-order valence-corrected chi connectivity index (χ0v) is 21.9. The molecule has 4 rings (SSSR count). The van der Waals surface area contributed by atoms with Gasteiger partial charge < -0.3 is 0 Å². The molecule has 5 nitrogen and oxygen atoms in total. The maximum atomic E-state index is 13.4. The number of aryl methyl sites for hydroxylation is 1. The number of benzene rings is 2. The zero-order valence-electron chi connectivity index (χ0n) is 18.0. The molecule has 0 spiro atoms. The Morgan fingerprint density at radius 1 is 1.12 bits per heavy atom. The van der Waals surface area contributed by atoms with Crippen molar-refractivity contribution >= 4 is 61.5 Å². The second kappa shape index (κ2) is 10.6. The molecule has 2 heterocycles. The van der Waals surface area contributed by atoms with E-state index >= 15 is 0 Å². The molecule has 0 saturated carbocycles. The van der Waals surface area contributed by atoms with Crippen LogP contribution in [0.2, 0.25) is 10.0 Å². The zero-order chi connectivity index (χ0) is 23.5. The number of amides is 1. The van der Waals surface area contributed by atoms with Gasteiger partial charge in [-0.15, -0.1) is 0 Å². The highest BCUT2D eigenvalue weighted by molar-refractivity contribution is 9.10. The van der Waals surface area contributed by atoms with Crippen molar-refractivity contribution in [1.29, 1.82) is 0 Å². The molecular weight excluding hydrogens is 545 g/mol. The lowest BCUT2D eigenvalue weighted by atomic mass is 9.96. The largest absolute Gasteiger partial charge is 0.292 e. The number of ketones is 1. The summed E-state index contributed by atoms with van der Waals surface area (Å²) in [6.45, 7) is 1.86. The van der Waals surface area contributed by atoms with Crippen molar-refractivity contribution in [2.24, 2.45) is 4.36 Å². The van der Waals surface area contributed by atoms with E-state index in [1.54, 1.807) is 30.3 Å². The maximum Gasteiger partial charge on any atom is 0.283 e. The number of rotatable bonds is 5. The molecule has 1 fully saturated rings. The summed E-state index contributed by atoms with van der Waals surface area (Å²) in [6.07, 6.45) is 3.41. The van der Waals surface area contributed by atoms with E-state index in [-0.39, 0.29) is 28.8 Å². The first-order valence-corrected chi connectivity index (χ1v) is 13.7. The molecule has 0 bridgehead atoms. The molecule has 0 N–H and O–H groups in total. The molecule has 172 valence electrons. The third-order valence-corrected chi connectivity index (χ3v) is 8.39. The minimum atomic E-state index is -0.297. The Morgan fingerprint density at radius 2 is 1.85 bits per heavy atom. The van der Waals surface area contributed by atoms with E-state index < -0.39 is 0 Å². The molecule has 1 saturated heterocycles. The SMILES string of the molecule is Cc1cc(Cl)cc(C(=O)N=S2CCCCC2)c1CC(=O)c1cc(Br)nn1-c1ccccc1Cl. The van der Waals surface area contributed by atoms with E-state index in [0.717, 1.165) is 29.9 Å². The van der Waals surface area contributed by atoms with Crippen LogP contribution in [0.5, 0.6) is 0 Å². The van der Waals surface area contributed by atoms with Crippen LogP contribution < -0.4 is 0 Å². The first-order chi connectivity index (χ1) is 15.8. The highest BCUT2D eigenvalue weighted by Gasteiger charge is 2.23. The summed E-state index contributed by atoms with van der Waals surface area (Å²) in [7, 11) is -0.261. The summed E-state index contributed by atoms with van der Waals surface area (Å²) >= 11 is 16.0. The van der Waals surface area contributed by atoms with E-state index in [1.807, 2.05) is 19.1 Å². The van der Waals surface area contributed by atoms with Crippen LogP contribution in [0.3, 0.4) is 0 Å². The number of hydrogen-bond acceptors (Lipinski definition) is 3. The summed E-state index contributed by atoms with van der Waals surface area (Å²) in [6, 6.07) is 12.2. The number of para-hydroxylation sites is 1. The molecule has 0 unspecified atom stereocenters. The first kappa shape index (κ1) is 24.3. The quantitative estimate of drug-likeness (QED) is 0.319. The number of halogens is 3. The molecule has 1 amide bonds. The van der Waals surface area contributed by atoms with E-state index in [4.69, 9.17) is 23.2 Å². The molecule has 3 aromatic rings. The normalized spacial score (nSPS) is 14.3. The molecule has 1 aromatic heterocycles. The Bertz CT molecular complexity index is 1260. The lowest BCUT2D eigenvalue weighted by molar-refractivity contribution is 0.0984. The van der Waals surface area contributed by atoms with Gasteiger partial charge in [0.1, 0.15) is 10.3 Å². The molecule has 2 aromatic carbocycles. The Balaban J connectivity index is 1.70. The Labute approximate surface area is 213 Å². The van der Waals surface area contributed by atoms with Gasteiger partial charge in [-0.05, 0) is 71.1 Å². The summed E-state index contributed by atoms with van der Waals surface area (Å²) in [5.41, 5.74) is 2.79. The van der Waals surface area contributed by atoms with Crippen LogP contribution in [0, 0.1) is 6.92 Å². The third kappa shape index (κ3) is 5.65. The van der Waals surface area contributed by atoms with Crippen molar-refractivity contribution in [1.82, 2.24) is 9.78 Å². The maximum absolute atomic E-state index is 13.4. The van der Waals surface area contributed by atoms with Gasteiger partial charge in [0.05, 0.1) is 10.7 Å². The van der Waals surface area contributed by atoms with Crippen molar-refractivity contribution < 1.29 is 9.59 Å². The van der Waals surface area contributed by atoms with Crippen LogP contribution >= 0.6 is 39.1 Å². The summed E-state index contributed by atoms with van der Waals surface area (Å²) < 4.78 is 6.53. The third-order valence-electron chi connectivity index (χ3n) is 5.52. The highest BCUT2D eigenvalue weighted by atomic mass is 79.9. The number of aromatic nitrogens is 2. The number of hydrogen-bond donors (Lipinski definition) is 0. The average molecular weight is 567 g/mol. The summed E-state index contributed by atoms with van der Waals surface area (Å²) in [4.78, 5) is 26.6. The van der Waals surface area contributed by atoms with E-state index in [0.29, 0.717) is 37.2 Å². The van der Waals surface area contributed by atoms with Crippen LogP contribution in [0.1, 0.15) is 51.2 Å². The minimum Gasteiger partial charge on any atom is -0.292 e. The van der Waals surface area contributed by atoms with Gasteiger partial charge in [-0.25, -0.2) is 4.68 Å². The van der Waals surface area contributed by atoms with Gasteiger partial charge in [-0.2, -0.15) is 9.46 Å². The number of Topliss-reactive ketones (excluding diaryl/α,β-unsaturated/α-hetero) is 1. The molecule has 1 aliphatic rings. The van der Waals surface area contributed by atoms with Crippen molar-refractivity contribution in [3.63, 3.8) is 0 Å². The molecular formula is C24H22BrCl2N3O2S. The van der Waals surface area contributed by atoms with Gasteiger partial charge >= 0.3 is 0 Å². The van der Waals surface area contributed by atoms with Crippen molar-refractivity contribution in [3.05, 3.63) is 79.5 Å². The molecule has 1 aliphatic heterocycles. The second-order valence-corrected chi connectivity index (χ2v) is 11.5. The predicted octanol–water partition coefficient (Wildman–Crippen LogP) is 6.80. The fraction of sp³-hybridized carbons (Fsp3) is 0.292.